The summed E-state index contributed by atoms with van der Waals surface area (Å²) < 4.78 is 5.74. The predicted molar refractivity (Wildman–Crippen MR) is 84.3 cm³/mol. The molecule has 0 aromatic heterocycles. The molecular formula is C18H20N2O. The number of hydrogen-bond acceptors (Lipinski definition) is 3. The molecule has 0 spiro atoms. The summed E-state index contributed by atoms with van der Waals surface area (Å²) in [6.07, 6.45) is 1.91. The van der Waals surface area contributed by atoms with Gasteiger partial charge in [-0.25, -0.2) is 0 Å². The fourth-order valence-electron chi connectivity index (χ4n) is 1.92. The van der Waals surface area contributed by atoms with E-state index in [-0.39, 0.29) is 5.54 Å². The molecule has 21 heavy (non-hydrogen) atoms. The minimum absolute atomic E-state index is 0.141. The van der Waals surface area contributed by atoms with Crippen LogP contribution in [0.4, 0.5) is 0 Å². The Bertz CT molecular complexity index is 616. The second-order valence-corrected chi connectivity index (χ2v) is 5.87. The van der Waals surface area contributed by atoms with Crippen molar-refractivity contribution in [1.82, 2.24) is 0 Å². The summed E-state index contributed by atoms with van der Waals surface area (Å²) in [4.78, 5) is 0. The standard InChI is InChI=1S/C18H20N2O/c1-18(2,20)12-11-14-3-7-16(8-4-14)21-17-9-5-15(13-19)6-10-17/h3-10H,11-12,20H2,1-2H3. The topological polar surface area (TPSA) is 59.0 Å². The van der Waals surface area contributed by atoms with E-state index in [1.165, 1.54) is 5.56 Å². The molecule has 0 atom stereocenters. The van der Waals surface area contributed by atoms with Gasteiger partial charge in [-0.2, -0.15) is 5.26 Å². The van der Waals surface area contributed by atoms with Crippen molar-refractivity contribution in [2.24, 2.45) is 5.73 Å². The van der Waals surface area contributed by atoms with Crippen molar-refractivity contribution in [3.05, 3.63) is 59.7 Å². The Morgan fingerprint density at radius 2 is 1.52 bits per heavy atom. The first-order valence-electron chi connectivity index (χ1n) is 7.02. The highest BCUT2D eigenvalue weighted by atomic mass is 16.5. The molecule has 0 bridgehead atoms. The van der Waals surface area contributed by atoms with Gasteiger partial charge in [-0.3, -0.25) is 0 Å². The van der Waals surface area contributed by atoms with Crippen LogP contribution in [0.3, 0.4) is 0 Å². The number of aryl methyl sites for hydroxylation is 1. The molecule has 0 saturated heterocycles. The van der Waals surface area contributed by atoms with E-state index < -0.39 is 0 Å². The summed E-state index contributed by atoms with van der Waals surface area (Å²) in [5, 5.41) is 8.76. The van der Waals surface area contributed by atoms with E-state index >= 15 is 0 Å². The van der Waals surface area contributed by atoms with Gasteiger partial charge in [0.2, 0.25) is 0 Å². The zero-order valence-electron chi connectivity index (χ0n) is 12.5. The normalized spacial score (nSPS) is 11.0. The van der Waals surface area contributed by atoms with Gasteiger partial charge in [0.05, 0.1) is 11.6 Å². The summed E-state index contributed by atoms with van der Waals surface area (Å²) in [5.41, 5.74) is 7.73. The SMILES string of the molecule is CC(C)(N)CCc1ccc(Oc2ccc(C#N)cc2)cc1. The van der Waals surface area contributed by atoms with Crippen molar-refractivity contribution in [2.75, 3.05) is 0 Å². The molecule has 0 heterocycles. The monoisotopic (exact) mass is 280 g/mol. The van der Waals surface area contributed by atoms with Crippen LogP contribution in [0, 0.1) is 11.3 Å². The molecule has 0 unspecified atom stereocenters. The lowest BCUT2D eigenvalue weighted by molar-refractivity contribution is 0.474. The largest absolute Gasteiger partial charge is 0.457 e. The average molecular weight is 280 g/mol. The third-order valence-electron chi connectivity index (χ3n) is 3.20. The van der Waals surface area contributed by atoms with Gasteiger partial charge in [-0.05, 0) is 68.7 Å². The van der Waals surface area contributed by atoms with Gasteiger partial charge in [0.25, 0.3) is 0 Å². The van der Waals surface area contributed by atoms with E-state index in [1.807, 2.05) is 26.0 Å². The second-order valence-electron chi connectivity index (χ2n) is 5.87. The second kappa shape index (κ2) is 6.43. The number of ether oxygens (including phenoxy) is 1. The Labute approximate surface area is 126 Å². The van der Waals surface area contributed by atoms with Crippen LogP contribution in [-0.4, -0.2) is 5.54 Å². The Balaban J connectivity index is 1.97. The molecule has 108 valence electrons. The van der Waals surface area contributed by atoms with E-state index in [2.05, 4.69) is 18.2 Å². The van der Waals surface area contributed by atoms with E-state index in [4.69, 9.17) is 15.7 Å². The molecule has 0 aliphatic rings. The lowest BCUT2D eigenvalue weighted by Crippen LogP contribution is -2.32. The molecule has 3 heteroatoms. The molecule has 2 N–H and O–H groups in total. The van der Waals surface area contributed by atoms with Crippen LogP contribution >= 0.6 is 0 Å². The number of benzene rings is 2. The minimum Gasteiger partial charge on any atom is -0.457 e. The quantitative estimate of drug-likeness (QED) is 0.899. The maximum atomic E-state index is 8.76. The summed E-state index contributed by atoms with van der Waals surface area (Å²) in [6.45, 7) is 4.07. The maximum absolute atomic E-state index is 8.76. The number of nitrogens with zero attached hydrogens (tertiary/aromatic N) is 1. The van der Waals surface area contributed by atoms with Gasteiger partial charge in [0, 0.05) is 5.54 Å². The van der Waals surface area contributed by atoms with Gasteiger partial charge in [-0.15, -0.1) is 0 Å². The molecule has 3 nitrogen and oxygen atoms in total. The van der Waals surface area contributed by atoms with Crippen LogP contribution in [0.5, 0.6) is 11.5 Å². The summed E-state index contributed by atoms with van der Waals surface area (Å²) >= 11 is 0. The first-order valence-corrected chi connectivity index (χ1v) is 7.02. The maximum Gasteiger partial charge on any atom is 0.127 e. The highest BCUT2D eigenvalue weighted by molar-refractivity contribution is 5.37. The molecule has 0 saturated carbocycles. The van der Waals surface area contributed by atoms with Crippen molar-refractivity contribution in [2.45, 2.75) is 32.2 Å². The van der Waals surface area contributed by atoms with Crippen molar-refractivity contribution in [3.8, 4) is 17.6 Å². The van der Waals surface area contributed by atoms with E-state index in [0.717, 1.165) is 24.3 Å². The molecule has 2 aromatic carbocycles. The fraction of sp³-hybridized carbons (Fsp3) is 0.278. The van der Waals surface area contributed by atoms with Crippen LogP contribution in [0.15, 0.2) is 48.5 Å². The fourth-order valence-corrected chi connectivity index (χ4v) is 1.92. The first-order chi connectivity index (χ1) is 9.96. The molecule has 2 rings (SSSR count). The molecule has 0 radical (unpaired) electrons. The zero-order valence-corrected chi connectivity index (χ0v) is 12.5. The van der Waals surface area contributed by atoms with Crippen molar-refractivity contribution in [3.63, 3.8) is 0 Å². The van der Waals surface area contributed by atoms with Crippen LogP contribution in [-0.2, 0) is 6.42 Å². The Morgan fingerprint density at radius 3 is 2.00 bits per heavy atom. The van der Waals surface area contributed by atoms with Crippen molar-refractivity contribution < 1.29 is 4.74 Å². The Kier molecular flexibility index (Phi) is 4.62. The lowest BCUT2D eigenvalue weighted by atomic mass is 9.97. The van der Waals surface area contributed by atoms with Crippen LogP contribution in [0.25, 0.3) is 0 Å². The third-order valence-corrected chi connectivity index (χ3v) is 3.20. The average Bonchev–Trinajstić information content (AvgIpc) is 2.46. The molecule has 0 amide bonds. The molecular weight excluding hydrogens is 260 g/mol. The van der Waals surface area contributed by atoms with Gasteiger partial charge in [0.15, 0.2) is 0 Å². The summed E-state index contributed by atoms with van der Waals surface area (Å²) in [6, 6.07) is 17.2. The van der Waals surface area contributed by atoms with Crippen LogP contribution < -0.4 is 10.5 Å². The van der Waals surface area contributed by atoms with Crippen molar-refractivity contribution >= 4 is 0 Å². The Hall–Kier alpha value is -2.31. The molecule has 2 aromatic rings. The lowest BCUT2D eigenvalue weighted by Gasteiger charge is -2.18. The van der Waals surface area contributed by atoms with Gasteiger partial charge in [-0.1, -0.05) is 12.1 Å². The summed E-state index contributed by atoms with van der Waals surface area (Å²) in [7, 11) is 0. The number of hydrogen-bond donors (Lipinski definition) is 1. The summed E-state index contributed by atoms with van der Waals surface area (Å²) in [5.74, 6) is 1.51. The van der Waals surface area contributed by atoms with Crippen LogP contribution in [0.2, 0.25) is 0 Å². The van der Waals surface area contributed by atoms with Crippen LogP contribution in [0.1, 0.15) is 31.4 Å². The minimum atomic E-state index is -0.141. The zero-order chi connectivity index (χ0) is 15.3. The van der Waals surface area contributed by atoms with Crippen molar-refractivity contribution in [1.29, 1.82) is 5.26 Å². The molecule has 0 aliphatic heterocycles. The van der Waals surface area contributed by atoms with E-state index in [9.17, 15) is 0 Å². The molecule has 0 fully saturated rings. The van der Waals surface area contributed by atoms with E-state index in [1.54, 1.807) is 24.3 Å². The number of rotatable bonds is 5. The molecule has 0 aliphatic carbocycles. The number of nitrogens with two attached hydrogens (primary N) is 1. The Morgan fingerprint density at radius 1 is 1.00 bits per heavy atom. The predicted octanol–water partition coefficient (Wildman–Crippen LogP) is 4.02. The van der Waals surface area contributed by atoms with Gasteiger partial charge >= 0.3 is 0 Å². The highest BCUT2D eigenvalue weighted by Gasteiger charge is 2.10. The highest BCUT2D eigenvalue weighted by Crippen LogP contribution is 2.22. The third kappa shape index (κ3) is 4.94. The van der Waals surface area contributed by atoms with Gasteiger partial charge < -0.3 is 10.5 Å². The van der Waals surface area contributed by atoms with Gasteiger partial charge in [0.1, 0.15) is 11.5 Å². The number of nitriles is 1. The smallest absolute Gasteiger partial charge is 0.127 e. The van der Waals surface area contributed by atoms with E-state index in [0.29, 0.717) is 5.56 Å². The first kappa shape index (κ1) is 15.1.